The molecule has 0 spiro atoms. The molecule has 120 valence electrons. The summed E-state index contributed by atoms with van der Waals surface area (Å²) in [5, 5.41) is 2.62. The molecule has 1 rings (SSSR count). The SMILES string of the molecule is CC(NC(=O)C(N)C(C)C)c1cccc(C(F)(F)F)c1.Cl. The van der Waals surface area contributed by atoms with E-state index in [2.05, 4.69) is 5.32 Å². The fraction of sp³-hybridized carbons (Fsp3) is 0.500. The molecule has 1 aromatic carbocycles. The molecule has 0 aliphatic carbocycles. The fourth-order valence-electron chi connectivity index (χ4n) is 1.68. The lowest BCUT2D eigenvalue weighted by atomic mass is 10.0. The van der Waals surface area contributed by atoms with Gasteiger partial charge in [0.1, 0.15) is 0 Å². The van der Waals surface area contributed by atoms with E-state index in [1.54, 1.807) is 26.8 Å². The molecule has 0 aromatic heterocycles. The average Bonchev–Trinajstić information content (AvgIpc) is 2.36. The van der Waals surface area contributed by atoms with E-state index in [4.69, 9.17) is 5.73 Å². The summed E-state index contributed by atoms with van der Waals surface area (Å²) in [7, 11) is 0. The van der Waals surface area contributed by atoms with E-state index in [0.29, 0.717) is 5.56 Å². The van der Waals surface area contributed by atoms with Crippen molar-refractivity contribution in [2.45, 2.75) is 39.0 Å². The van der Waals surface area contributed by atoms with Gasteiger partial charge in [0.05, 0.1) is 17.6 Å². The van der Waals surface area contributed by atoms with E-state index in [-0.39, 0.29) is 24.2 Å². The summed E-state index contributed by atoms with van der Waals surface area (Å²) in [6.07, 6.45) is -4.39. The molecule has 21 heavy (non-hydrogen) atoms. The Bertz CT molecular complexity index is 478. The smallest absolute Gasteiger partial charge is 0.348 e. The molecular formula is C14H20ClF3N2O. The minimum absolute atomic E-state index is 0. The Morgan fingerprint density at radius 1 is 1.24 bits per heavy atom. The number of benzene rings is 1. The van der Waals surface area contributed by atoms with Crippen LogP contribution in [-0.2, 0) is 11.0 Å². The van der Waals surface area contributed by atoms with Crippen LogP contribution >= 0.6 is 12.4 Å². The van der Waals surface area contributed by atoms with Crippen LogP contribution in [0.25, 0.3) is 0 Å². The molecule has 0 bridgehead atoms. The number of nitrogens with one attached hydrogen (secondary N) is 1. The van der Waals surface area contributed by atoms with Crippen LogP contribution < -0.4 is 11.1 Å². The molecule has 0 aliphatic rings. The van der Waals surface area contributed by atoms with E-state index < -0.39 is 23.8 Å². The van der Waals surface area contributed by atoms with Gasteiger partial charge in [-0.25, -0.2) is 0 Å². The molecule has 2 atom stereocenters. The van der Waals surface area contributed by atoms with Gasteiger partial charge in [-0.2, -0.15) is 13.2 Å². The van der Waals surface area contributed by atoms with Crippen molar-refractivity contribution in [2.24, 2.45) is 11.7 Å². The Morgan fingerprint density at radius 3 is 2.29 bits per heavy atom. The van der Waals surface area contributed by atoms with Crippen LogP contribution in [0.5, 0.6) is 0 Å². The Labute approximate surface area is 128 Å². The maximum Gasteiger partial charge on any atom is 0.416 e. The molecule has 0 saturated heterocycles. The van der Waals surface area contributed by atoms with Gasteiger partial charge in [0.25, 0.3) is 0 Å². The van der Waals surface area contributed by atoms with Crippen LogP contribution in [0.15, 0.2) is 24.3 Å². The summed E-state index contributed by atoms with van der Waals surface area (Å²) in [5.74, 6) is -0.409. The normalized spacial score (nSPS) is 14.3. The number of rotatable bonds is 4. The number of carbonyl (C=O) groups excluding carboxylic acids is 1. The van der Waals surface area contributed by atoms with Crippen molar-refractivity contribution in [2.75, 3.05) is 0 Å². The maximum atomic E-state index is 12.6. The number of hydrogen-bond donors (Lipinski definition) is 2. The van der Waals surface area contributed by atoms with Crippen LogP contribution in [0.4, 0.5) is 13.2 Å². The van der Waals surface area contributed by atoms with Gasteiger partial charge in [-0.15, -0.1) is 12.4 Å². The van der Waals surface area contributed by atoms with Gasteiger partial charge in [0.2, 0.25) is 5.91 Å². The topological polar surface area (TPSA) is 55.1 Å². The summed E-state index contributed by atoms with van der Waals surface area (Å²) >= 11 is 0. The van der Waals surface area contributed by atoms with Crippen LogP contribution in [0.1, 0.15) is 37.9 Å². The lowest BCUT2D eigenvalue weighted by molar-refractivity contribution is -0.137. The number of nitrogens with two attached hydrogens (primary N) is 1. The Kier molecular flexibility index (Phi) is 7.19. The van der Waals surface area contributed by atoms with Gasteiger partial charge in [-0.05, 0) is 30.5 Å². The number of hydrogen-bond acceptors (Lipinski definition) is 2. The van der Waals surface area contributed by atoms with Crippen molar-refractivity contribution >= 4 is 18.3 Å². The second kappa shape index (κ2) is 7.66. The van der Waals surface area contributed by atoms with E-state index >= 15 is 0 Å². The zero-order valence-corrected chi connectivity index (χ0v) is 12.9. The number of alkyl halides is 3. The predicted octanol–water partition coefficient (Wildman–Crippen LogP) is 3.29. The van der Waals surface area contributed by atoms with Gasteiger partial charge in [-0.3, -0.25) is 4.79 Å². The van der Waals surface area contributed by atoms with Gasteiger partial charge in [-0.1, -0.05) is 26.0 Å². The van der Waals surface area contributed by atoms with Crippen molar-refractivity contribution in [3.63, 3.8) is 0 Å². The minimum Gasteiger partial charge on any atom is -0.348 e. The van der Waals surface area contributed by atoms with Crippen LogP contribution in [0.2, 0.25) is 0 Å². The van der Waals surface area contributed by atoms with Gasteiger partial charge < -0.3 is 11.1 Å². The highest BCUT2D eigenvalue weighted by Crippen LogP contribution is 2.30. The third-order valence-electron chi connectivity index (χ3n) is 3.09. The second-order valence-corrected chi connectivity index (χ2v) is 5.12. The fourth-order valence-corrected chi connectivity index (χ4v) is 1.68. The molecule has 7 heteroatoms. The summed E-state index contributed by atoms with van der Waals surface area (Å²) in [6, 6.07) is 3.69. The van der Waals surface area contributed by atoms with Crippen molar-refractivity contribution < 1.29 is 18.0 Å². The zero-order valence-electron chi connectivity index (χ0n) is 12.1. The van der Waals surface area contributed by atoms with Gasteiger partial charge in [0.15, 0.2) is 0 Å². The molecular weight excluding hydrogens is 305 g/mol. The Hall–Kier alpha value is -1.27. The van der Waals surface area contributed by atoms with Gasteiger partial charge >= 0.3 is 6.18 Å². The summed E-state index contributed by atoms with van der Waals surface area (Å²) in [6.45, 7) is 5.23. The first-order valence-corrected chi connectivity index (χ1v) is 6.36. The summed E-state index contributed by atoms with van der Waals surface area (Å²) in [5.41, 5.74) is 5.35. The number of amides is 1. The van der Waals surface area contributed by atoms with E-state index in [0.717, 1.165) is 12.1 Å². The molecule has 0 heterocycles. The molecule has 0 saturated carbocycles. The van der Waals surface area contributed by atoms with E-state index in [9.17, 15) is 18.0 Å². The molecule has 1 amide bonds. The predicted molar refractivity (Wildman–Crippen MR) is 78.1 cm³/mol. The molecule has 2 unspecified atom stereocenters. The Balaban J connectivity index is 0.00000400. The van der Waals surface area contributed by atoms with Crippen molar-refractivity contribution in [1.82, 2.24) is 5.32 Å². The van der Waals surface area contributed by atoms with E-state index in [1.165, 1.54) is 6.07 Å². The third kappa shape index (κ3) is 5.55. The first-order chi connectivity index (χ1) is 9.12. The molecule has 0 fully saturated rings. The molecule has 3 N–H and O–H groups in total. The molecule has 0 aliphatic heterocycles. The largest absolute Gasteiger partial charge is 0.416 e. The van der Waals surface area contributed by atoms with Crippen LogP contribution in [0, 0.1) is 5.92 Å². The number of halogens is 4. The lowest BCUT2D eigenvalue weighted by Crippen LogP contribution is -2.44. The quantitative estimate of drug-likeness (QED) is 0.893. The summed E-state index contributed by atoms with van der Waals surface area (Å²) in [4.78, 5) is 11.8. The highest BCUT2D eigenvalue weighted by atomic mass is 35.5. The van der Waals surface area contributed by atoms with Gasteiger partial charge in [0, 0.05) is 0 Å². The lowest BCUT2D eigenvalue weighted by Gasteiger charge is -2.20. The summed E-state index contributed by atoms with van der Waals surface area (Å²) < 4.78 is 37.9. The molecule has 3 nitrogen and oxygen atoms in total. The third-order valence-corrected chi connectivity index (χ3v) is 3.09. The van der Waals surface area contributed by atoms with Crippen LogP contribution in [0.3, 0.4) is 0 Å². The second-order valence-electron chi connectivity index (χ2n) is 5.12. The first-order valence-electron chi connectivity index (χ1n) is 6.36. The highest BCUT2D eigenvalue weighted by Gasteiger charge is 2.31. The van der Waals surface area contributed by atoms with E-state index in [1.807, 2.05) is 0 Å². The maximum absolute atomic E-state index is 12.6. The zero-order chi connectivity index (χ0) is 15.5. The van der Waals surface area contributed by atoms with Crippen molar-refractivity contribution in [3.8, 4) is 0 Å². The van der Waals surface area contributed by atoms with Crippen molar-refractivity contribution in [1.29, 1.82) is 0 Å². The van der Waals surface area contributed by atoms with Crippen molar-refractivity contribution in [3.05, 3.63) is 35.4 Å². The first kappa shape index (κ1) is 19.7. The van der Waals surface area contributed by atoms with Crippen LogP contribution in [-0.4, -0.2) is 11.9 Å². The Morgan fingerprint density at radius 2 is 1.81 bits per heavy atom. The molecule has 1 aromatic rings. The average molecular weight is 325 g/mol. The minimum atomic E-state index is -4.39. The highest BCUT2D eigenvalue weighted by molar-refractivity contribution is 5.85. The molecule has 0 radical (unpaired) electrons. The monoisotopic (exact) mass is 324 g/mol. The number of carbonyl (C=O) groups is 1. The standard InChI is InChI=1S/C14H19F3N2O.ClH/c1-8(2)12(18)13(20)19-9(3)10-5-4-6-11(7-10)14(15,16)17;/h4-9,12H,18H2,1-3H3,(H,19,20);1H.